The summed E-state index contributed by atoms with van der Waals surface area (Å²) >= 11 is 0. The molecule has 2 saturated heterocycles. The van der Waals surface area contributed by atoms with Gasteiger partial charge in [-0.2, -0.15) is 0 Å². The van der Waals surface area contributed by atoms with Gasteiger partial charge in [0.1, 0.15) is 55.4 Å². The normalized spacial score (nSPS) is 26.6. The lowest BCUT2D eigenvalue weighted by Crippen LogP contribution is -2.61. The van der Waals surface area contributed by atoms with Crippen LogP contribution in [0.25, 0.3) is 0 Å². The molecule has 0 aromatic carbocycles. The Kier molecular flexibility index (Phi) is 34.6. The summed E-state index contributed by atoms with van der Waals surface area (Å²) in [6, 6.07) is 0. The van der Waals surface area contributed by atoms with Crippen molar-refractivity contribution in [2.75, 3.05) is 26.4 Å². The molecule has 382 valence electrons. The zero-order chi connectivity index (χ0) is 48.2. The van der Waals surface area contributed by atoms with Crippen molar-refractivity contribution in [2.24, 2.45) is 0 Å². The molecule has 66 heavy (non-hydrogen) atoms. The number of allylic oxidation sites excluding steroid dienone is 8. The van der Waals surface area contributed by atoms with E-state index >= 15 is 0 Å². The van der Waals surface area contributed by atoms with E-state index in [1.54, 1.807) is 0 Å². The van der Waals surface area contributed by atoms with Crippen LogP contribution in [-0.4, -0.2) is 142 Å². The topological polar surface area (TPSA) is 231 Å². The fraction of sp³-hybridized carbons (Fsp3) is 0.804. The molecule has 0 amide bonds. The molecule has 0 saturated carbocycles. The maximum absolute atomic E-state index is 12.9. The first-order chi connectivity index (χ1) is 32.0. The highest BCUT2D eigenvalue weighted by Crippen LogP contribution is 2.26. The van der Waals surface area contributed by atoms with E-state index in [4.69, 9.17) is 28.4 Å². The molecule has 2 fully saturated rings. The summed E-state index contributed by atoms with van der Waals surface area (Å²) in [5.74, 6) is -1.01. The number of unbranched alkanes of at least 4 members (excludes halogenated alkanes) is 16. The van der Waals surface area contributed by atoms with E-state index in [1.165, 1.54) is 77.0 Å². The fourth-order valence-corrected chi connectivity index (χ4v) is 7.59. The number of carbonyl (C=O) groups excluding carboxylic acids is 2. The van der Waals surface area contributed by atoms with Crippen LogP contribution in [0.1, 0.15) is 168 Å². The molecule has 0 bridgehead atoms. The molecule has 15 nitrogen and oxygen atoms in total. The van der Waals surface area contributed by atoms with Crippen LogP contribution < -0.4 is 0 Å². The molecule has 2 aliphatic rings. The van der Waals surface area contributed by atoms with Gasteiger partial charge < -0.3 is 64.2 Å². The minimum absolute atomic E-state index is 0.0563. The van der Waals surface area contributed by atoms with Gasteiger partial charge in [0.15, 0.2) is 18.7 Å². The molecule has 0 aliphatic carbocycles. The summed E-state index contributed by atoms with van der Waals surface area (Å²) in [7, 11) is 0. The average Bonchev–Trinajstić information content (AvgIpc) is 3.31. The lowest BCUT2D eigenvalue weighted by Gasteiger charge is -2.42. The maximum Gasteiger partial charge on any atom is 0.306 e. The fourth-order valence-electron chi connectivity index (χ4n) is 7.59. The monoisotopic (exact) mass is 941 g/mol. The molecule has 15 heteroatoms. The Morgan fingerprint density at radius 1 is 0.485 bits per heavy atom. The Morgan fingerprint density at radius 2 is 0.939 bits per heavy atom. The van der Waals surface area contributed by atoms with E-state index in [1.807, 2.05) is 12.2 Å². The predicted molar refractivity (Wildman–Crippen MR) is 252 cm³/mol. The van der Waals surface area contributed by atoms with Crippen molar-refractivity contribution in [2.45, 2.75) is 235 Å². The van der Waals surface area contributed by atoms with Gasteiger partial charge >= 0.3 is 11.9 Å². The van der Waals surface area contributed by atoms with E-state index in [9.17, 15) is 45.3 Å². The first-order valence-electron chi connectivity index (χ1n) is 25.2. The maximum atomic E-state index is 12.9. The number of esters is 2. The van der Waals surface area contributed by atoms with Crippen LogP contribution in [0.2, 0.25) is 0 Å². The van der Waals surface area contributed by atoms with Crippen molar-refractivity contribution in [1.29, 1.82) is 0 Å². The molecule has 2 aliphatic heterocycles. The van der Waals surface area contributed by atoms with Crippen LogP contribution in [0.3, 0.4) is 0 Å². The van der Waals surface area contributed by atoms with Crippen LogP contribution in [0.4, 0.5) is 0 Å². The SMILES string of the molecule is CCCCC/C=C/C/C=C/CCCCCCCCCC(=O)OCC(CO[C@@H]1O[C@H](CO[C@@H]2O[C@H](CO)[C@H](O)C(O)C2O)[C@H](O)C(O)C1O)OC(=O)CC/C=C/C/C=C/CCCCCCCC. The second-order valence-corrected chi connectivity index (χ2v) is 17.6. The highest BCUT2D eigenvalue weighted by atomic mass is 16.7. The first kappa shape index (κ1) is 59.6. The molecule has 0 spiro atoms. The molecule has 2 rings (SSSR count). The number of carbonyl (C=O) groups is 2. The Bertz CT molecular complexity index is 1340. The van der Waals surface area contributed by atoms with Gasteiger partial charge in [0.05, 0.1) is 19.8 Å². The predicted octanol–water partition coefficient (Wildman–Crippen LogP) is 6.71. The molecular weight excluding hydrogens is 853 g/mol. The minimum Gasteiger partial charge on any atom is -0.462 e. The van der Waals surface area contributed by atoms with Crippen LogP contribution in [0.15, 0.2) is 48.6 Å². The average molecular weight is 941 g/mol. The summed E-state index contributed by atoms with van der Waals surface area (Å²) in [5, 5.41) is 72.0. The number of hydrogen-bond acceptors (Lipinski definition) is 15. The molecule has 0 aromatic rings. The third kappa shape index (κ3) is 26.3. The van der Waals surface area contributed by atoms with E-state index in [0.29, 0.717) is 12.8 Å². The molecular formula is C51H88O15. The van der Waals surface area contributed by atoms with E-state index in [-0.39, 0.29) is 19.4 Å². The van der Waals surface area contributed by atoms with Crippen molar-refractivity contribution < 1.29 is 73.8 Å². The number of aliphatic hydroxyl groups is 7. The molecule has 11 atom stereocenters. The highest BCUT2D eigenvalue weighted by Gasteiger charge is 2.47. The van der Waals surface area contributed by atoms with Gasteiger partial charge in [-0.1, -0.05) is 140 Å². The van der Waals surface area contributed by atoms with Crippen LogP contribution >= 0.6 is 0 Å². The lowest BCUT2D eigenvalue weighted by molar-refractivity contribution is -0.332. The summed E-state index contributed by atoms with van der Waals surface area (Å²) in [5.41, 5.74) is 0. The molecule has 5 unspecified atom stereocenters. The Balaban J connectivity index is 1.84. The van der Waals surface area contributed by atoms with E-state index in [0.717, 1.165) is 51.4 Å². The van der Waals surface area contributed by atoms with Gasteiger partial charge in [-0.15, -0.1) is 0 Å². The van der Waals surface area contributed by atoms with Gasteiger partial charge in [-0.25, -0.2) is 0 Å². The summed E-state index contributed by atoms with van der Waals surface area (Å²) in [6.07, 6.45) is 24.4. The Morgan fingerprint density at radius 3 is 1.50 bits per heavy atom. The van der Waals surface area contributed by atoms with Gasteiger partial charge in [-0.05, 0) is 64.2 Å². The van der Waals surface area contributed by atoms with Crippen LogP contribution in [-0.2, 0) is 38.0 Å². The zero-order valence-electron chi connectivity index (χ0n) is 40.2. The summed E-state index contributed by atoms with van der Waals surface area (Å²) < 4.78 is 33.4. The van der Waals surface area contributed by atoms with Crippen molar-refractivity contribution in [3.05, 3.63) is 48.6 Å². The molecule has 0 aromatic heterocycles. The number of rotatable bonds is 38. The van der Waals surface area contributed by atoms with Crippen LogP contribution in [0, 0.1) is 0 Å². The van der Waals surface area contributed by atoms with Crippen molar-refractivity contribution in [1.82, 2.24) is 0 Å². The number of aliphatic hydroxyl groups excluding tert-OH is 7. The lowest BCUT2D eigenvalue weighted by atomic mass is 9.98. The summed E-state index contributed by atoms with van der Waals surface area (Å²) in [4.78, 5) is 25.7. The van der Waals surface area contributed by atoms with E-state index in [2.05, 4.69) is 50.3 Å². The smallest absolute Gasteiger partial charge is 0.306 e. The van der Waals surface area contributed by atoms with Crippen molar-refractivity contribution in [3.8, 4) is 0 Å². The largest absolute Gasteiger partial charge is 0.462 e. The van der Waals surface area contributed by atoms with Gasteiger partial charge in [-0.3, -0.25) is 9.59 Å². The molecule has 2 heterocycles. The second-order valence-electron chi connectivity index (χ2n) is 17.6. The number of ether oxygens (including phenoxy) is 6. The van der Waals surface area contributed by atoms with Crippen molar-refractivity contribution >= 4 is 11.9 Å². The number of hydrogen-bond donors (Lipinski definition) is 7. The minimum atomic E-state index is -1.78. The molecule has 0 radical (unpaired) electrons. The van der Waals surface area contributed by atoms with Gasteiger partial charge in [0.2, 0.25) is 0 Å². The van der Waals surface area contributed by atoms with Crippen LogP contribution in [0.5, 0.6) is 0 Å². The van der Waals surface area contributed by atoms with Gasteiger partial charge in [0.25, 0.3) is 0 Å². The standard InChI is InChI=1S/C51H88O15/c1-3-5-7-9-11-13-15-17-18-19-20-22-23-25-27-29-31-33-42(53)61-36-39(64-43(54)34-32-30-28-26-24-21-16-14-12-10-8-6-4-2)37-62-50-49(60)47(58)45(56)41(66-50)38-63-51-48(59)46(57)44(55)40(35-52)65-51/h11,13,17-18,21,24,28,30,39-41,44-52,55-60H,3-10,12,14-16,19-20,22-23,25-27,29,31-38H2,1-2H3/b13-11+,18-17+,24-21+,30-28+/t39?,40-,41-,44+,45+,46?,47?,48?,49?,50-,51-/m1/s1. The third-order valence-electron chi connectivity index (χ3n) is 11.8. The zero-order valence-corrected chi connectivity index (χ0v) is 40.2. The quantitative estimate of drug-likeness (QED) is 0.0194. The van der Waals surface area contributed by atoms with Gasteiger partial charge in [0, 0.05) is 12.8 Å². The third-order valence-corrected chi connectivity index (χ3v) is 11.8. The molecule has 7 N–H and O–H groups in total. The second kappa shape index (κ2) is 38.3. The Hall–Kier alpha value is -2.54. The van der Waals surface area contributed by atoms with Crippen molar-refractivity contribution in [3.63, 3.8) is 0 Å². The summed E-state index contributed by atoms with van der Waals surface area (Å²) in [6.45, 7) is 2.47. The highest BCUT2D eigenvalue weighted by molar-refractivity contribution is 5.70. The first-order valence-corrected chi connectivity index (χ1v) is 25.2. The Labute approximate surface area is 395 Å². The van der Waals surface area contributed by atoms with E-state index < -0.39 is 99.3 Å².